The molecular weight excluding hydrogens is 265 g/mol. The monoisotopic (exact) mass is 277 g/mol. The molecule has 0 radical (unpaired) electrons. The van der Waals surface area contributed by atoms with Gasteiger partial charge in [0.1, 0.15) is 12.4 Å². The Morgan fingerprint density at radius 2 is 1.85 bits per heavy atom. The van der Waals surface area contributed by atoms with Gasteiger partial charge in [0.25, 0.3) is 5.69 Å². The van der Waals surface area contributed by atoms with Crippen LogP contribution in [0.25, 0.3) is 0 Å². The van der Waals surface area contributed by atoms with Crippen molar-refractivity contribution in [1.29, 1.82) is 0 Å². The van der Waals surface area contributed by atoms with E-state index in [9.17, 15) is 14.5 Å². The zero-order chi connectivity index (χ0) is 14.5. The Balaban J connectivity index is 2.12. The molecule has 0 saturated carbocycles. The number of rotatable bonds is 5. The van der Waals surface area contributed by atoms with Gasteiger partial charge in [0.2, 0.25) is 0 Å². The number of nitro groups is 1. The summed E-state index contributed by atoms with van der Waals surface area (Å²) in [7, 11) is 1.41. The Morgan fingerprint density at radius 3 is 2.45 bits per heavy atom. The number of halogens is 1. The Kier molecular flexibility index (Phi) is 4.14. The van der Waals surface area contributed by atoms with Gasteiger partial charge in [0.15, 0.2) is 11.5 Å². The average molecular weight is 277 g/mol. The highest BCUT2D eigenvalue weighted by Crippen LogP contribution is 2.31. The number of ether oxygens (including phenoxy) is 2. The summed E-state index contributed by atoms with van der Waals surface area (Å²) in [5.74, 6) is 0.352. The molecule has 104 valence electrons. The lowest BCUT2D eigenvalue weighted by Gasteiger charge is -2.10. The van der Waals surface area contributed by atoms with Crippen LogP contribution in [0.5, 0.6) is 11.5 Å². The first-order valence-corrected chi connectivity index (χ1v) is 5.80. The molecule has 0 spiro atoms. The molecular formula is C14H12FNO4. The molecule has 0 amide bonds. The zero-order valence-electron chi connectivity index (χ0n) is 10.7. The molecule has 20 heavy (non-hydrogen) atoms. The van der Waals surface area contributed by atoms with Gasteiger partial charge in [-0.15, -0.1) is 0 Å². The maximum Gasteiger partial charge on any atom is 0.273 e. The largest absolute Gasteiger partial charge is 0.493 e. The van der Waals surface area contributed by atoms with Crippen LogP contribution in [0.3, 0.4) is 0 Å². The molecule has 2 aromatic carbocycles. The molecule has 0 aliphatic rings. The van der Waals surface area contributed by atoms with Crippen molar-refractivity contribution in [1.82, 2.24) is 0 Å². The predicted octanol–water partition coefficient (Wildman–Crippen LogP) is 3.32. The first-order chi connectivity index (χ1) is 9.60. The van der Waals surface area contributed by atoms with Gasteiger partial charge in [0, 0.05) is 6.07 Å². The quantitative estimate of drug-likeness (QED) is 0.621. The third-order valence-electron chi connectivity index (χ3n) is 2.67. The van der Waals surface area contributed by atoms with E-state index in [0.717, 1.165) is 5.56 Å². The smallest absolute Gasteiger partial charge is 0.273 e. The average Bonchev–Trinajstić information content (AvgIpc) is 2.46. The van der Waals surface area contributed by atoms with E-state index in [2.05, 4.69) is 0 Å². The lowest BCUT2D eigenvalue weighted by atomic mass is 10.2. The summed E-state index contributed by atoms with van der Waals surface area (Å²) in [4.78, 5) is 10.2. The molecule has 2 aromatic rings. The number of nitro benzene ring substituents is 1. The van der Waals surface area contributed by atoms with Crippen LogP contribution < -0.4 is 9.47 Å². The van der Waals surface area contributed by atoms with E-state index >= 15 is 0 Å². The zero-order valence-corrected chi connectivity index (χ0v) is 10.7. The molecule has 0 aliphatic carbocycles. The molecule has 2 rings (SSSR count). The maximum atomic E-state index is 12.8. The normalized spacial score (nSPS) is 10.1. The van der Waals surface area contributed by atoms with Crippen LogP contribution >= 0.6 is 0 Å². The lowest BCUT2D eigenvalue weighted by Crippen LogP contribution is -1.98. The minimum absolute atomic E-state index is 0.0732. The highest BCUT2D eigenvalue weighted by atomic mass is 19.1. The molecule has 0 heterocycles. The molecule has 5 nitrogen and oxygen atoms in total. The van der Waals surface area contributed by atoms with Crippen LogP contribution in [0.15, 0.2) is 42.5 Å². The second kappa shape index (κ2) is 6.01. The van der Waals surface area contributed by atoms with Crippen LogP contribution in [-0.4, -0.2) is 12.0 Å². The maximum absolute atomic E-state index is 12.8. The van der Waals surface area contributed by atoms with Gasteiger partial charge in [-0.2, -0.15) is 0 Å². The second-order valence-corrected chi connectivity index (χ2v) is 4.01. The van der Waals surface area contributed by atoms with Crippen molar-refractivity contribution in [3.8, 4) is 11.5 Å². The van der Waals surface area contributed by atoms with Crippen molar-refractivity contribution in [2.45, 2.75) is 6.61 Å². The fraction of sp³-hybridized carbons (Fsp3) is 0.143. The number of hydrogen-bond donors (Lipinski definition) is 0. The first kappa shape index (κ1) is 13.8. The molecule has 0 fully saturated rings. The van der Waals surface area contributed by atoms with Crippen LogP contribution in [0, 0.1) is 15.9 Å². The topological polar surface area (TPSA) is 61.6 Å². The third-order valence-corrected chi connectivity index (χ3v) is 2.67. The van der Waals surface area contributed by atoms with E-state index in [1.807, 2.05) is 0 Å². The Morgan fingerprint density at radius 1 is 1.15 bits per heavy atom. The summed E-state index contributed by atoms with van der Waals surface area (Å²) in [5.41, 5.74) is 0.711. The Bertz CT molecular complexity index is 613. The molecule has 0 unspecified atom stereocenters. The van der Waals surface area contributed by atoms with E-state index in [1.54, 1.807) is 12.1 Å². The van der Waals surface area contributed by atoms with Crippen LogP contribution in [0.2, 0.25) is 0 Å². The SMILES string of the molecule is COc1cc([N+](=O)[O-])ccc1OCc1ccc(F)cc1. The van der Waals surface area contributed by atoms with E-state index in [1.165, 1.54) is 37.4 Å². The van der Waals surface area contributed by atoms with Gasteiger partial charge in [-0.25, -0.2) is 4.39 Å². The first-order valence-electron chi connectivity index (χ1n) is 5.80. The summed E-state index contributed by atoms with van der Waals surface area (Å²) < 4.78 is 23.3. The third kappa shape index (κ3) is 3.23. The highest BCUT2D eigenvalue weighted by Gasteiger charge is 2.12. The minimum atomic E-state index is -0.508. The number of benzene rings is 2. The van der Waals surface area contributed by atoms with Crippen LogP contribution in [0.1, 0.15) is 5.56 Å². The van der Waals surface area contributed by atoms with E-state index in [4.69, 9.17) is 9.47 Å². The van der Waals surface area contributed by atoms with Gasteiger partial charge in [-0.3, -0.25) is 10.1 Å². The Hall–Kier alpha value is -2.63. The molecule has 0 N–H and O–H groups in total. The summed E-state index contributed by atoms with van der Waals surface area (Å²) in [5, 5.41) is 10.7. The van der Waals surface area contributed by atoms with Gasteiger partial charge >= 0.3 is 0 Å². The predicted molar refractivity (Wildman–Crippen MR) is 70.4 cm³/mol. The van der Waals surface area contributed by atoms with E-state index in [-0.39, 0.29) is 23.9 Å². The van der Waals surface area contributed by atoms with Gasteiger partial charge < -0.3 is 9.47 Å². The molecule has 0 aromatic heterocycles. The summed E-state index contributed by atoms with van der Waals surface area (Å²) in [6, 6.07) is 9.99. The van der Waals surface area contributed by atoms with E-state index < -0.39 is 4.92 Å². The van der Waals surface area contributed by atoms with Crippen molar-refractivity contribution < 1.29 is 18.8 Å². The number of hydrogen-bond acceptors (Lipinski definition) is 4. The highest BCUT2D eigenvalue weighted by molar-refractivity contribution is 5.48. The minimum Gasteiger partial charge on any atom is -0.493 e. The van der Waals surface area contributed by atoms with Gasteiger partial charge in [-0.05, 0) is 23.8 Å². The number of nitrogens with zero attached hydrogens (tertiary/aromatic N) is 1. The van der Waals surface area contributed by atoms with Crippen LogP contribution in [0.4, 0.5) is 10.1 Å². The standard InChI is InChI=1S/C14H12FNO4/c1-19-14-8-12(16(17)18)6-7-13(14)20-9-10-2-4-11(15)5-3-10/h2-8H,9H2,1H3. The van der Waals surface area contributed by atoms with Crippen molar-refractivity contribution in [2.24, 2.45) is 0 Å². The molecule has 0 atom stereocenters. The lowest BCUT2D eigenvalue weighted by molar-refractivity contribution is -0.385. The molecule has 0 saturated heterocycles. The Labute approximate surface area is 114 Å². The van der Waals surface area contributed by atoms with Crippen molar-refractivity contribution >= 4 is 5.69 Å². The summed E-state index contributed by atoms with van der Waals surface area (Å²) in [6.45, 7) is 0.217. The molecule has 0 aliphatic heterocycles. The number of non-ortho nitro benzene ring substituents is 1. The number of methoxy groups -OCH3 is 1. The van der Waals surface area contributed by atoms with Crippen molar-refractivity contribution in [3.63, 3.8) is 0 Å². The van der Waals surface area contributed by atoms with Crippen molar-refractivity contribution in [3.05, 3.63) is 64.0 Å². The van der Waals surface area contributed by atoms with Gasteiger partial charge in [0.05, 0.1) is 18.1 Å². The van der Waals surface area contributed by atoms with E-state index in [0.29, 0.717) is 5.75 Å². The fourth-order valence-corrected chi connectivity index (χ4v) is 1.63. The summed E-state index contributed by atoms with van der Waals surface area (Å²) >= 11 is 0. The summed E-state index contributed by atoms with van der Waals surface area (Å²) in [6.07, 6.45) is 0. The van der Waals surface area contributed by atoms with Crippen LogP contribution in [-0.2, 0) is 6.61 Å². The van der Waals surface area contributed by atoms with Gasteiger partial charge in [-0.1, -0.05) is 12.1 Å². The second-order valence-electron chi connectivity index (χ2n) is 4.01. The fourth-order valence-electron chi connectivity index (χ4n) is 1.63. The van der Waals surface area contributed by atoms with Crippen molar-refractivity contribution in [2.75, 3.05) is 7.11 Å². The molecule has 6 heteroatoms. The molecule has 0 bridgehead atoms.